The van der Waals surface area contributed by atoms with Crippen molar-refractivity contribution in [3.8, 4) is 0 Å². The molecule has 25 heavy (non-hydrogen) atoms. The number of carbonyl (C=O) groups excluding carboxylic acids is 1. The van der Waals surface area contributed by atoms with Gasteiger partial charge in [-0.25, -0.2) is 0 Å². The molecular weight excluding hydrogens is 316 g/mol. The van der Waals surface area contributed by atoms with Crippen LogP contribution in [0.5, 0.6) is 0 Å². The number of anilines is 1. The van der Waals surface area contributed by atoms with E-state index in [1.807, 2.05) is 19.1 Å². The van der Waals surface area contributed by atoms with Crippen LogP contribution in [0.3, 0.4) is 0 Å². The van der Waals surface area contributed by atoms with Gasteiger partial charge in [-0.1, -0.05) is 29.8 Å². The van der Waals surface area contributed by atoms with Gasteiger partial charge in [0.15, 0.2) is 0 Å². The molecule has 5 heteroatoms. The standard InChI is InChI=1S/C20H24N2O3/c1-3-12-11-22-9-8-19-14-6-4-5-7-15(14)21-20(19,22)16(23)10-13(12)17(19)18(24)25-2/h3-7,13,16-17,21,23H,8-11H2,1-2H3/t13-,16-,17+,19-,20-/m0/s1. The van der Waals surface area contributed by atoms with Crippen LogP contribution in [-0.4, -0.2) is 47.9 Å². The van der Waals surface area contributed by atoms with E-state index in [1.165, 1.54) is 12.7 Å². The van der Waals surface area contributed by atoms with Gasteiger partial charge >= 0.3 is 5.97 Å². The molecule has 6 atom stereocenters. The number of hydrogen-bond donors (Lipinski definition) is 2. The Morgan fingerprint density at radius 3 is 3.00 bits per heavy atom. The predicted octanol–water partition coefficient (Wildman–Crippen LogP) is 1.88. The number of aliphatic hydroxyl groups is 1. The van der Waals surface area contributed by atoms with Crippen LogP contribution >= 0.6 is 0 Å². The Hall–Kier alpha value is -1.85. The highest BCUT2D eigenvalue weighted by Gasteiger charge is 2.76. The highest BCUT2D eigenvalue weighted by molar-refractivity contribution is 5.81. The van der Waals surface area contributed by atoms with Gasteiger partial charge in [-0.15, -0.1) is 0 Å². The molecule has 1 aromatic carbocycles. The van der Waals surface area contributed by atoms with E-state index >= 15 is 0 Å². The Bertz CT molecular complexity index is 791. The van der Waals surface area contributed by atoms with E-state index in [9.17, 15) is 9.90 Å². The number of nitrogens with zero attached hydrogens (tertiary/aromatic N) is 1. The Kier molecular flexibility index (Phi) is 3.00. The van der Waals surface area contributed by atoms with Crippen molar-refractivity contribution in [1.29, 1.82) is 0 Å². The molecular formula is C20H24N2O3. The largest absolute Gasteiger partial charge is 0.469 e. The summed E-state index contributed by atoms with van der Waals surface area (Å²) in [5, 5.41) is 15.0. The zero-order valence-electron chi connectivity index (χ0n) is 14.7. The minimum Gasteiger partial charge on any atom is -0.469 e. The summed E-state index contributed by atoms with van der Waals surface area (Å²) < 4.78 is 5.30. The summed E-state index contributed by atoms with van der Waals surface area (Å²) in [6.45, 7) is 3.71. The minimum absolute atomic E-state index is 0.0267. The number of esters is 1. The first kappa shape index (κ1) is 15.4. The average molecular weight is 340 g/mol. The maximum atomic E-state index is 13.0. The number of fused-ring (bicyclic) bond motifs is 3. The van der Waals surface area contributed by atoms with E-state index < -0.39 is 17.2 Å². The lowest BCUT2D eigenvalue weighted by molar-refractivity contribution is -0.158. The topological polar surface area (TPSA) is 61.8 Å². The van der Waals surface area contributed by atoms with Crippen LogP contribution in [0.2, 0.25) is 0 Å². The second-order valence-electron chi connectivity index (χ2n) is 7.80. The van der Waals surface area contributed by atoms with E-state index in [4.69, 9.17) is 4.74 Å². The van der Waals surface area contributed by atoms with Crippen molar-refractivity contribution < 1.29 is 14.6 Å². The van der Waals surface area contributed by atoms with Crippen molar-refractivity contribution >= 4 is 11.7 Å². The summed E-state index contributed by atoms with van der Waals surface area (Å²) in [6, 6.07) is 8.23. The Morgan fingerprint density at radius 2 is 2.24 bits per heavy atom. The second kappa shape index (κ2) is 4.86. The molecule has 0 amide bonds. The fourth-order valence-corrected chi connectivity index (χ4v) is 6.42. The molecule has 1 saturated carbocycles. The highest BCUT2D eigenvalue weighted by atomic mass is 16.5. The first-order valence-electron chi connectivity index (χ1n) is 9.14. The lowest BCUT2D eigenvalue weighted by Gasteiger charge is -2.53. The summed E-state index contributed by atoms with van der Waals surface area (Å²) in [5.74, 6) is -0.391. The molecule has 4 aliphatic heterocycles. The maximum Gasteiger partial charge on any atom is 0.310 e. The third kappa shape index (κ3) is 1.51. The number of rotatable bonds is 1. The number of aliphatic hydroxyl groups excluding tert-OH is 1. The average Bonchev–Trinajstić information content (AvgIpc) is 3.03. The van der Waals surface area contributed by atoms with Crippen molar-refractivity contribution in [1.82, 2.24) is 4.90 Å². The van der Waals surface area contributed by atoms with E-state index in [0.717, 1.165) is 30.8 Å². The molecule has 0 aromatic heterocycles. The number of benzene rings is 1. The third-order valence-corrected chi connectivity index (χ3v) is 7.26. The molecule has 1 aliphatic carbocycles. The molecule has 4 heterocycles. The zero-order valence-corrected chi connectivity index (χ0v) is 14.7. The van der Waals surface area contributed by atoms with Gasteiger partial charge in [-0.05, 0) is 37.3 Å². The Labute approximate surface area is 147 Å². The third-order valence-electron chi connectivity index (χ3n) is 7.26. The maximum absolute atomic E-state index is 13.0. The molecule has 2 N–H and O–H groups in total. The zero-order chi connectivity index (χ0) is 17.4. The van der Waals surface area contributed by atoms with Crippen LogP contribution in [0.15, 0.2) is 35.9 Å². The molecule has 6 rings (SSSR count). The number of ether oxygens (including phenoxy) is 1. The van der Waals surface area contributed by atoms with Crippen LogP contribution < -0.4 is 5.32 Å². The molecule has 1 aromatic rings. The normalized spacial score (nSPS) is 44.8. The van der Waals surface area contributed by atoms with Crippen molar-refractivity contribution in [2.75, 3.05) is 25.5 Å². The van der Waals surface area contributed by atoms with Gasteiger partial charge in [-0.3, -0.25) is 9.69 Å². The van der Waals surface area contributed by atoms with Crippen molar-refractivity contribution in [2.45, 2.75) is 36.9 Å². The van der Waals surface area contributed by atoms with Crippen molar-refractivity contribution in [3.63, 3.8) is 0 Å². The van der Waals surface area contributed by atoms with Crippen molar-refractivity contribution in [3.05, 3.63) is 41.5 Å². The van der Waals surface area contributed by atoms with Gasteiger partial charge in [0.1, 0.15) is 5.66 Å². The number of methoxy groups -OCH3 is 1. The van der Waals surface area contributed by atoms with E-state index in [2.05, 4.69) is 28.4 Å². The van der Waals surface area contributed by atoms with Gasteiger partial charge in [0.05, 0.1) is 24.5 Å². The number of nitrogens with one attached hydrogen (secondary N) is 1. The van der Waals surface area contributed by atoms with E-state index in [-0.39, 0.29) is 17.8 Å². The first-order chi connectivity index (χ1) is 12.1. The van der Waals surface area contributed by atoms with Gasteiger partial charge in [-0.2, -0.15) is 0 Å². The molecule has 5 aliphatic rings. The summed E-state index contributed by atoms with van der Waals surface area (Å²) in [7, 11) is 1.48. The number of para-hydroxylation sites is 1. The van der Waals surface area contributed by atoms with Crippen LogP contribution in [0.4, 0.5) is 5.69 Å². The Morgan fingerprint density at radius 1 is 1.44 bits per heavy atom. The number of allylic oxidation sites excluding steroid dienone is 1. The molecule has 4 fully saturated rings. The second-order valence-corrected chi connectivity index (χ2v) is 7.80. The predicted molar refractivity (Wildman–Crippen MR) is 94.0 cm³/mol. The Balaban J connectivity index is 1.85. The molecule has 4 bridgehead atoms. The van der Waals surface area contributed by atoms with Crippen LogP contribution in [0.25, 0.3) is 0 Å². The molecule has 0 radical (unpaired) electrons. The fourth-order valence-electron chi connectivity index (χ4n) is 6.42. The lowest BCUT2D eigenvalue weighted by Crippen LogP contribution is -2.70. The molecule has 3 saturated heterocycles. The number of carbonyl (C=O) groups is 1. The number of hydrogen-bond acceptors (Lipinski definition) is 5. The molecule has 132 valence electrons. The smallest absolute Gasteiger partial charge is 0.310 e. The van der Waals surface area contributed by atoms with Gasteiger partial charge < -0.3 is 15.2 Å². The van der Waals surface area contributed by atoms with Gasteiger partial charge in [0.2, 0.25) is 0 Å². The summed E-state index contributed by atoms with van der Waals surface area (Å²) in [5.41, 5.74) is 2.40. The van der Waals surface area contributed by atoms with Crippen LogP contribution in [-0.2, 0) is 14.9 Å². The van der Waals surface area contributed by atoms with E-state index in [1.54, 1.807) is 0 Å². The van der Waals surface area contributed by atoms with Gasteiger partial charge in [0.25, 0.3) is 0 Å². The first-order valence-corrected chi connectivity index (χ1v) is 9.14. The summed E-state index contributed by atoms with van der Waals surface area (Å²) in [6.07, 6.45) is 3.07. The van der Waals surface area contributed by atoms with Crippen LogP contribution in [0, 0.1) is 11.8 Å². The lowest BCUT2D eigenvalue weighted by atomic mass is 9.53. The quantitative estimate of drug-likeness (QED) is 0.604. The molecule has 1 unspecified atom stereocenters. The van der Waals surface area contributed by atoms with Crippen molar-refractivity contribution in [2.24, 2.45) is 11.8 Å². The highest BCUT2D eigenvalue weighted by Crippen LogP contribution is 2.67. The fraction of sp³-hybridized carbons (Fsp3) is 0.550. The minimum atomic E-state index is -0.614. The molecule has 1 spiro atoms. The summed E-state index contributed by atoms with van der Waals surface area (Å²) in [4.78, 5) is 15.4. The summed E-state index contributed by atoms with van der Waals surface area (Å²) >= 11 is 0. The van der Waals surface area contributed by atoms with Gasteiger partial charge in [0, 0.05) is 18.8 Å². The monoisotopic (exact) mass is 340 g/mol. The molecule has 5 nitrogen and oxygen atoms in total. The SMILES string of the molecule is CC=C1CN2CC[C@@]34c5ccccc5N[C@@]23[C@@H](O)C[C@@H]1[C@@H]4C(=O)OC. The van der Waals surface area contributed by atoms with Crippen LogP contribution in [0.1, 0.15) is 25.3 Å². The van der Waals surface area contributed by atoms with E-state index in [0.29, 0.717) is 6.42 Å².